The highest BCUT2D eigenvalue weighted by molar-refractivity contribution is 7.80. The van der Waals surface area contributed by atoms with Gasteiger partial charge in [-0.3, -0.25) is 0 Å². The first-order chi connectivity index (χ1) is 13.3. The van der Waals surface area contributed by atoms with E-state index >= 15 is 0 Å². The van der Waals surface area contributed by atoms with Crippen LogP contribution in [0.25, 0.3) is 0 Å². The number of benzene rings is 1. The molecule has 28 heavy (non-hydrogen) atoms. The third-order valence-corrected chi connectivity index (χ3v) is 4.70. The molecule has 0 unspecified atom stereocenters. The molecule has 1 aromatic rings. The van der Waals surface area contributed by atoms with Crippen molar-refractivity contribution in [1.29, 1.82) is 0 Å². The normalized spacial score (nSPS) is 18.1. The van der Waals surface area contributed by atoms with Gasteiger partial charge in [0.1, 0.15) is 18.2 Å². The van der Waals surface area contributed by atoms with E-state index in [9.17, 15) is 13.6 Å². The number of carbonyl (C=O) groups is 1. The Hall–Kier alpha value is -2.10. The number of allylic oxidation sites excluding steroid dienone is 1. The molecule has 9 heteroatoms. The van der Waals surface area contributed by atoms with Crippen molar-refractivity contribution in [3.05, 3.63) is 46.7 Å². The lowest BCUT2D eigenvalue weighted by atomic mass is 9.94. The van der Waals surface area contributed by atoms with Crippen molar-refractivity contribution in [2.75, 3.05) is 34.0 Å². The summed E-state index contributed by atoms with van der Waals surface area (Å²) in [5.74, 6) is -2.12. The molecule has 0 saturated heterocycles. The maximum absolute atomic E-state index is 14.5. The Morgan fingerprint density at radius 1 is 1.29 bits per heavy atom. The van der Waals surface area contributed by atoms with E-state index in [4.69, 9.17) is 26.4 Å². The number of esters is 1. The third kappa shape index (κ3) is 4.84. The van der Waals surface area contributed by atoms with E-state index in [2.05, 4.69) is 5.32 Å². The van der Waals surface area contributed by atoms with E-state index in [1.807, 2.05) is 6.92 Å². The summed E-state index contributed by atoms with van der Waals surface area (Å²) >= 11 is 5.44. The molecule has 1 aliphatic rings. The summed E-state index contributed by atoms with van der Waals surface area (Å²) in [6, 6.07) is 2.10. The maximum atomic E-state index is 14.5. The number of halogens is 2. The zero-order valence-corrected chi connectivity index (χ0v) is 17.1. The maximum Gasteiger partial charge on any atom is 0.338 e. The molecule has 1 aromatic carbocycles. The summed E-state index contributed by atoms with van der Waals surface area (Å²) in [4.78, 5) is 14.5. The Morgan fingerprint density at radius 3 is 2.61 bits per heavy atom. The highest BCUT2D eigenvalue weighted by Gasteiger charge is 2.37. The van der Waals surface area contributed by atoms with E-state index < -0.39 is 23.6 Å². The second-order valence-corrected chi connectivity index (χ2v) is 6.74. The van der Waals surface area contributed by atoms with Crippen LogP contribution in [0.4, 0.5) is 8.78 Å². The van der Waals surface area contributed by atoms with E-state index in [1.54, 1.807) is 18.9 Å². The van der Waals surface area contributed by atoms with Crippen LogP contribution in [-0.2, 0) is 19.0 Å². The predicted octanol–water partition coefficient (Wildman–Crippen LogP) is 2.69. The van der Waals surface area contributed by atoms with Crippen LogP contribution < -0.4 is 5.32 Å². The third-order valence-electron chi connectivity index (χ3n) is 4.39. The molecule has 0 radical (unpaired) electrons. The average molecular weight is 414 g/mol. The molecule has 0 bridgehead atoms. The van der Waals surface area contributed by atoms with Crippen LogP contribution in [0.15, 0.2) is 29.5 Å². The summed E-state index contributed by atoms with van der Waals surface area (Å²) in [6.45, 7) is 4.22. The van der Waals surface area contributed by atoms with Crippen molar-refractivity contribution in [3.8, 4) is 0 Å². The van der Waals surface area contributed by atoms with Crippen molar-refractivity contribution in [2.24, 2.45) is 0 Å². The van der Waals surface area contributed by atoms with Crippen LogP contribution in [-0.4, -0.2) is 56.1 Å². The SMILES string of the molecule is COCCOC(=O)C1=C(C)N([C@H](C)COC)C(=S)N[C@H]1c1ccc(F)cc1F. The molecule has 0 fully saturated rings. The number of hydrogen-bond acceptors (Lipinski definition) is 5. The lowest BCUT2D eigenvalue weighted by molar-refractivity contribution is -0.140. The Labute approximate surface area is 168 Å². The molecular formula is C19H24F2N2O4S. The number of carbonyl (C=O) groups excluding carboxylic acids is 1. The van der Waals surface area contributed by atoms with Gasteiger partial charge in [-0.1, -0.05) is 6.07 Å². The minimum Gasteiger partial charge on any atom is -0.460 e. The van der Waals surface area contributed by atoms with Crippen LogP contribution in [0.5, 0.6) is 0 Å². The molecule has 154 valence electrons. The van der Waals surface area contributed by atoms with Gasteiger partial charge in [0.2, 0.25) is 0 Å². The summed E-state index contributed by atoms with van der Waals surface area (Å²) < 4.78 is 43.2. The minimum absolute atomic E-state index is 0.0444. The molecule has 6 nitrogen and oxygen atoms in total. The van der Waals surface area contributed by atoms with E-state index in [0.29, 0.717) is 17.4 Å². The van der Waals surface area contributed by atoms with Gasteiger partial charge in [-0.05, 0) is 32.1 Å². The van der Waals surface area contributed by atoms with Crippen molar-refractivity contribution in [2.45, 2.75) is 25.9 Å². The lowest BCUT2D eigenvalue weighted by Gasteiger charge is -2.40. The highest BCUT2D eigenvalue weighted by Crippen LogP contribution is 2.33. The standard InChI is InChI=1S/C19H24F2N2O4S/c1-11(10-26-4)23-12(2)16(18(24)27-8-7-25-3)17(22-19(23)28)14-6-5-13(20)9-15(14)21/h5-6,9,11,17H,7-8,10H2,1-4H3,(H,22,28)/t11-,17+/m1/s1. The van der Waals surface area contributed by atoms with Gasteiger partial charge >= 0.3 is 5.97 Å². The van der Waals surface area contributed by atoms with Crippen molar-refractivity contribution in [3.63, 3.8) is 0 Å². The van der Waals surface area contributed by atoms with E-state index in [1.165, 1.54) is 13.2 Å². The van der Waals surface area contributed by atoms with Crippen LogP contribution in [0.3, 0.4) is 0 Å². The molecule has 1 N–H and O–H groups in total. The van der Waals surface area contributed by atoms with E-state index in [0.717, 1.165) is 12.1 Å². The van der Waals surface area contributed by atoms with Crippen LogP contribution >= 0.6 is 12.2 Å². The molecule has 0 saturated carbocycles. The molecule has 0 spiro atoms. The first-order valence-electron chi connectivity index (χ1n) is 8.72. The number of hydrogen-bond donors (Lipinski definition) is 1. The van der Waals surface area contributed by atoms with Gasteiger partial charge in [-0.15, -0.1) is 0 Å². The highest BCUT2D eigenvalue weighted by atomic mass is 32.1. The second-order valence-electron chi connectivity index (χ2n) is 6.35. The number of rotatable bonds is 8. The van der Waals surface area contributed by atoms with Crippen molar-refractivity contribution < 1.29 is 27.8 Å². The molecule has 2 rings (SSSR count). The Balaban J connectivity index is 2.50. The number of nitrogens with zero attached hydrogens (tertiary/aromatic N) is 1. The topological polar surface area (TPSA) is 60.0 Å². The van der Waals surface area contributed by atoms with Gasteiger partial charge in [0, 0.05) is 31.5 Å². The fourth-order valence-electron chi connectivity index (χ4n) is 3.13. The molecule has 0 aromatic heterocycles. The molecule has 2 atom stereocenters. The zero-order valence-electron chi connectivity index (χ0n) is 16.3. The first kappa shape index (κ1) is 22.2. The molecular weight excluding hydrogens is 390 g/mol. The van der Waals surface area contributed by atoms with Gasteiger partial charge in [0.05, 0.1) is 30.9 Å². The Bertz CT molecular complexity index is 772. The number of nitrogens with one attached hydrogen (secondary N) is 1. The smallest absolute Gasteiger partial charge is 0.338 e. The monoisotopic (exact) mass is 414 g/mol. The number of ether oxygens (including phenoxy) is 3. The second kappa shape index (κ2) is 9.90. The fraction of sp³-hybridized carbons (Fsp3) is 0.474. The van der Waals surface area contributed by atoms with Gasteiger partial charge in [-0.2, -0.15) is 0 Å². The average Bonchev–Trinajstić information content (AvgIpc) is 2.61. The summed E-state index contributed by atoms with van der Waals surface area (Å²) in [5.41, 5.74) is 0.809. The van der Waals surface area contributed by atoms with Gasteiger partial charge in [0.15, 0.2) is 5.11 Å². The van der Waals surface area contributed by atoms with Crippen molar-refractivity contribution >= 4 is 23.3 Å². The fourth-order valence-corrected chi connectivity index (χ4v) is 3.57. The predicted molar refractivity (Wildman–Crippen MR) is 104 cm³/mol. The van der Waals surface area contributed by atoms with Gasteiger partial charge in [0.25, 0.3) is 0 Å². The number of methoxy groups -OCH3 is 2. The van der Waals surface area contributed by atoms with Crippen LogP contribution in [0.1, 0.15) is 25.5 Å². The van der Waals surface area contributed by atoms with Crippen LogP contribution in [0, 0.1) is 11.6 Å². The zero-order chi connectivity index (χ0) is 20.8. The quantitative estimate of drug-likeness (QED) is 0.399. The Kier molecular flexibility index (Phi) is 7.85. The molecule has 0 aliphatic carbocycles. The first-order valence-corrected chi connectivity index (χ1v) is 9.13. The van der Waals surface area contributed by atoms with Gasteiger partial charge < -0.3 is 24.4 Å². The van der Waals surface area contributed by atoms with Crippen molar-refractivity contribution in [1.82, 2.24) is 10.2 Å². The summed E-state index contributed by atoms with van der Waals surface area (Å²) in [7, 11) is 3.05. The molecule has 0 amide bonds. The molecule has 1 heterocycles. The lowest BCUT2D eigenvalue weighted by Crippen LogP contribution is -2.52. The van der Waals surface area contributed by atoms with E-state index in [-0.39, 0.29) is 30.4 Å². The molecule has 1 aliphatic heterocycles. The Morgan fingerprint density at radius 2 is 2.00 bits per heavy atom. The number of thiocarbonyl (C=S) groups is 1. The summed E-state index contributed by atoms with van der Waals surface area (Å²) in [5, 5.41) is 3.29. The minimum atomic E-state index is -0.908. The summed E-state index contributed by atoms with van der Waals surface area (Å²) in [6.07, 6.45) is 0. The van der Waals surface area contributed by atoms with Crippen LogP contribution in [0.2, 0.25) is 0 Å². The van der Waals surface area contributed by atoms with Gasteiger partial charge in [-0.25, -0.2) is 13.6 Å². The largest absolute Gasteiger partial charge is 0.460 e.